The van der Waals surface area contributed by atoms with Crippen LogP contribution in [-0.4, -0.2) is 18.2 Å². The van der Waals surface area contributed by atoms with Crippen LogP contribution in [0.3, 0.4) is 0 Å². The van der Waals surface area contributed by atoms with Crippen molar-refractivity contribution in [2.24, 2.45) is 5.92 Å². The third-order valence-electron chi connectivity index (χ3n) is 4.20. The van der Waals surface area contributed by atoms with Crippen LogP contribution in [0.15, 0.2) is 23.7 Å². The van der Waals surface area contributed by atoms with E-state index in [1.54, 1.807) is 0 Å². The Morgan fingerprint density at radius 3 is 3.04 bits per heavy atom. The Morgan fingerprint density at radius 2 is 2.30 bits per heavy atom. The molecule has 0 radical (unpaired) electrons. The molecule has 1 N–H and O–H groups in total. The Labute approximate surface area is 147 Å². The van der Waals surface area contributed by atoms with Gasteiger partial charge in [0.05, 0.1) is 29.1 Å². The zero-order valence-electron chi connectivity index (χ0n) is 13.6. The molecule has 23 heavy (non-hydrogen) atoms. The fourth-order valence-electron chi connectivity index (χ4n) is 2.74. The smallest absolute Gasteiger partial charge is 0.0849 e. The van der Waals surface area contributed by atoms with Gasteiger partial charge in [-0.05, 0) is 55.7 Å². The number of hydrogen-bond donors (Lipinski definition) is 1. The highest BCUT2D eigenvalue weighted by atomic mass is 35.5. The molecule has 1 aliphatic rings. The molecule has 0 saturated heterocycles. The summed E-state index contributed by atoms with van der Waals surface area (Å²) in [4.78, 5) is 5.63. The van der Waals surface area contributed by atoms with Crippen LogP contribution in [0.1, 0.15) is 41.9 Å². The third-order valence-corrected chi connectivity index (χ3v) is 5.69. The van der Waals surface area contributed by atoms with E-state index in [9.17, 15) is 0 Å². The minimum atomic E-state index is 0.339. The average molecular weight is 351 g/mol. The van der Waals surface area contributed by atoms with Gasteiger partial charge in [-0.15, -0.1) is 11.3 Å². The molecule has 0 aromatic carbocycles. The van der Waals surface area contributed by atoms with Crippen molar-refractivity contribution >= 4 is 28.6 Å². The number of thiophene rings is 1. The van der Waals surface area contributed by atoms with Crippen molar-refractivity contribution in [1.82, 2.24) is 4.98 Å². The molecule has 0 aliphatic heterocycles. The molecular weight excluding hydrogens is 328 g/mol. The minimum Gasteiger partial charge on any atom is -0.381 e. The highest BCUT2D eigenvalue weighted by Gasteiger charge is 2.33. The zero-order valence-corrected chi connectivity index (χ0v) is 15.2. The van der Waals surface area contributed by atoms with Gasteiger partial charge in [0.25, 0.3) is 0 Å². The SMILES string of the molecule is CCOCCc1cc(C(Nc2ccnc(C)c2Cl)C2CC2)cs1. The fourth-order valence-corrected chi connectivity index (χ4v) is 3.81. The number of ether oxygens (including phenoxy) is 1. The van der Waals surface area contributed by atoms with Gasteiger partial charge in [-0.3, -0.25) is 4.98 Å². The van der Waals surface area contributed by atoms with Gasteiger partial charge in [0, 0.05) is 24.1 Å². The molecule has 124 valence electrons. The number of rotatable bonds is 8. The maximum Gasteiger partial charge on any atom is 0.0849 e. The van der Waals surface area contributed by atoms with Gasteiger partial charge in [-0.25, -0.2) is 0 Å². The molecule has 1 unspecified atom stereocenters. The zero-order chi connectivity index (χ0) is 16.2. The van der Waals surface area contributed by atoms with E-state index in [-0.39, 0.29) is 0 Å². The van der Waals surface area contributed by atoms with E-state index in [4.69, 9.17) is 16.3 Å². The normalized spacial score (nSPS) is 15.6. The lowest BCUT2D eigenvalue weighted by atomic mass is 10.0. The van der Waals surface area contributed by atoms with E-state index in [1.807, 2.05) is 37.4 Å². The molecule has 0 spiro atoms. The summed E-state index contributed by atoms with van der Waals surface area (Å²) in [6.45, 7) is 5.56. The van der Waals surface area contributed by atoms with Crippen LogP contribution >= 0.6 is 22.9 Å². The van der Waals surface area contributed by atoms with Gasteiger partial charge >= 0.3 is 0 Å². The van der Waals surface area contributed by atoms with Crippen LogP contribution in [0, 0.1) is 12.8 Å². The van der Waals surface area contributed by atoms with Crippen molar-refractivity contribution in [3.8, 4) is 0 Å². The summed E-state index contributed by atoms with van der Waals surface area (Å²) >= 11 is 8.23. The molecule has 0 bridgehead atoms. The number of nitrogens with zero attached hydrogens (tertiary/aromatic N) is 1. The molecule has 1 atom stereocenters. The van der Waals surface area contributed by atoms with Gasteiger partial charge < -0.3 is 10.1 Å². The van der Waals surface area contributed by atoms with Crippen molar-refractivity contribution in [1.29, 1.82) is 0 Å². The number of halogens is 1. The van der Waals surface area contributed by atoms with Gasteiger partial charge in [-0.2, -0.15) is 0 Å². The first kappa shape index (κ1) is 16.7. The Bertz CT molecular complexity index is 654. The first-order valence-electron chi connectivity index (χ1n) is 8.21. The van der Waals surface area contributed by atoms with Crippen LogP contribution in [0.4, 0.5) is 5.69 Å². The van der Waals surface area contributed by atoms with Gasteiger partial charge in [0.1, 0.15) is 0 Å². The molecule has 1 aliphatic carbocycles. The second kappa shape index (κ2) is 7.65. The molecular formula is C18H23ClN2OS. The largest absolute Gasteiger partial charge is 0.381 e. The lowest BCUT2D eigenvalue weighted by Gasteiger charge is -2.20. The van der Waals surface area contributed by atoms with Crippen molar-refractivity contribution in [2.45, 2.75) is 39.2 Å². The number of pyridine rings is 1. The maximum atomic E-state index is 6.40. The number of hydrogen-bond acceptors (Lipinski definition) is 4. The van der Waals surface area contributed by atoms with Crippen LogP contribution < -0.4 is 5.32 Å². The van der Waals surface area contributed by atoms with Crippen LogP contribution in [-0.2, 0) is 11.2 Å². The van der Waals surface area contributed by atoms with E-state index in [1.165, 1.54) is 23.3 Å². The lowest BCUT2D eigenvalue weighted by molar-refractivity contribution is 0.151. The van der Waals surface area contributed by atoms with E-state index in [2.05, 4.69) is 21.7 Å². The predicted molar refractivity (Wildman–Crippen MR) is 97.6 cm³/mol. The van der Waals surface area contributed by atoms with Crippen molar-refractivity contribution in [2.75, 3.05) is 18.5 Å². The van der Waals surface area contributed by atoms with Crippen LogP contribution in [0.5, 0.6) is 0 Å². The summed E-state index contributed by atoms with van der Waals surface area (Å²) in [6.07, 6.45) is 5.37. The molecule has 2 aromatic heterocycles. The molecule has 3 nitrogen and oxygen atoms in total. The van der Waals surface area contributed by atoms with Crippen molar-refractivity contribution < 1.29 is 4.74 Å². The predicted octanol–water partition coefficient (Wildman–Crippen LogP) is 5.25. The summed E-state index contributed by atoms with van der Waals surface area (Å²) in [5, 5.41) is 6.65. The molecule has 2 aromatic rings. The van der Waals surface area contributed by atoms with Crippen molar-refractivity contribution in [3.05, 3.63) is 44.9 Å². The van der Waals surface area contributed by atoms with E-state index >= 15 is 0 Å². The van der Waals surface area contributed by atoms with Crippen LogP contribution in [0.25, 0.3) is 0 Å². The molecule has 1 fully saturated rings. The topological polar surface area (TPSA) is 34.1 Å². The van der Waals surface area contributed by atoms with Gasteiger partial charge in [0.15, 0.2) is 0 Å². The Hall–Kier alpha value is -1.10. The second-order valence-corrected chi connectivity index (χ2v) is 7.38. The van der Waals surface area contributed by atoms with Crippen LogP contribution in [0.2, 0.25) is 5.02 Å². The molecule has 2 heterocycles. The number of anilines is 1. The summed E-state index contributed by atoms with van der Waals surface area (Å²) in [7, 11) is 0. The molecule has 3 rings (SSSR count). The summed E-state index contributed by atoms with van der Waals surface area (Å²) < 4.78 is 5.46. The Morgan fingerprint density at radius 1 is 1.48 bits per heavy atom. The highest BCUT2D eigenvalue weighted by molar-refractivity contribution is 7.10. The van der Waals surface area contributed by atoms with E-state index in [0.29, 0.717) is 12.0 Å². The summed E-state index contributed by atoms with van der Waals surface area (Å²) in [6, 6.07) is 4.63. The quantitative estimate of drug-likeness (QED) is 0.660. The van der Waals surface area contributed by atoms with Gasteiger partial charge in [0.2, 0.25) is 0 Å². The van der Waals surface area contributed by atoms with Crippen molar-refractivity contribution in [3.63, 3.8) is 0 Å². The number of aryl methyl sites for hydroxylation is 1. The Kier molecular flexibility index (Phi) is 5.57. The first-order chi connectivity index (χ1) is 11.2. The van der Waals surface area contributed by atoms with Gasteiger partial charge in [-0.1, -0.05) is 11.6 Å². The summed E-state index contributed by atoms with van der Waals surface area (Å²) in [5.74, 6) is 0.703. The van der Waals surface area contributed by atoms with E-state index < -0.39 is 0 Å². The monoisotopic (exact) mass is 350 g/mol. The lowest BCUT2D eigenvalue weighted by Crippen LogP contribution is -2.13. The average Bonchev–Trinajstić information content (AvgIpc) is 3.28. The molecule has 5 heteroatoms. The van der Waals surface area contributed by atoms with E-state index in [0.717, 1.165) is 36.0 Å². The minimum absolute atomic E-state index is 0.339. The molecule has 0 amide bonds. The Balaban J connectivity index is 1.73. The number of aromatic nitrogens is 1. The standard InChI is InChI=1S/C18H23ClN2OS/c1-3-22-9-7-15-10-14(11-23-15)18(13-4-5-13)21-16-6-8-20-12(2)17(16)19/h6,8,10-11,13,18H,3-5,7,9H2,1-2H3,(H,20,21). The maximum absolute atomic E-state index is 6.40. The summed E-state index contributed by atoms with van der Waals surface area (Å²) in [5.41, 5.74) is 3.22. The number of nitrogens with one attached hydrogen (secondary N) is 1. The highest BCUT2D eigenvalue weighted by Crippen LogP contribution is 2.44. The molecule has 1 saturated carbocycles. The second-order valence-electron chi connectivity index (χ2n) is 6.01. The third kappa shape index (κ3) is 4.25. The fraction of sp³-hybridized carbons (Fsp3) is 0.500. The first-order valence-corrected chi connectivity index (χ1v) is 9.47.